The average Bonchev–Trinajstić information content (AvgIpc) is 2.71. The molecule has 2 aromatic rings. The van der Waals surface area contributed by atoms with Crippen LogP contribution in [0.5, 0.6) is 0 Å². The van der Waals surface area contributed by atoms with Crippen molar-refractivity contribution in [2.45, 2.75) is 32.1 Å². The van der Waals surface area contributed by atoms with E-state index in [0.29, 0.717) is 5.92 Å². The zero-order chi connectivity index (χ0) is 17.9. The summed E-state index contributed by atoms with van der Waals surface area (Å²) in [5, 5.41) is 0.968. The van der Waals surface area contributed by atoms with Crippen LogP contribution in [0.15, 0.2) is 36.4 Å². The number of hydrogen-bond acceptors (Lipinski definition) is 4. The average molecular weight is 352 g/mol. The van der Waals surface area contributed by atoms with Gasteiger partial charge in [0.2, 0.25) is 0 Å². The maximum atomic E-state index is 12.4. The second-order valence-electron chi connectivity index (χ2n) is 7.40. The minimum Gasteiger partial charge on any atom is -0.451 e. The summed E-state index contributed by atoms with van der Waals surface area (Å²) >= 11 is 0. The Hall–Kier alpha value is -2.43. The van der Waals surface area contributed by atoms with Crippen LogP contribution >= 0.6 is 0 Å². The zero-order valence-corrected chi connectivity index (χ0v) is 14.9. The lowest BCUT2D eigenvalue weighted by atomic mass is 9.75. The van der Waals surface area contributed by atoms with E-state index in [2.05, 4.69) is 4.98 Å². The molecule has 0 radical (unpaired) electrons. The fourth-order valence-corrected chi connectivity index (χ4v) is 4.30. The largest absolute Gasteiger partial charge is 0.451 e. The Morgan fingerprint density at radius 1 is 1.04 bits per heavy atom. The maximum Gasteiger partial charge on any atom is 0.357 e. The number of carbonyl (C=O) groups is 2. The van der Waals surface area contributed by atoms with Crippen molar-refractivity contribution in [2.24, 2.45) is 11.8 Å². The van der Waals surface area contributed by atoms with Gasteiger partial charge in [0.1, 0.15) is 5.69 Å². The molecule has 0 N–H and O–H groups in total. The SMILES string of the molecule is O=C(OCC(=O)N1CC[C@H]2CCCC[C@@H]2C1)c1ccc2ccccc2n1. The van der Waals surface area contributed by atoms with E-state index in [0.717, 1.165) is 36.3 Å². The molecule has 5 heteroatoms. The molecule has 1 saturated heterocycles. The highest BCUT2D eigenvalue weighted by atomic mass is 16.5. The number of hydrogen-bond donors (Lipinski definition) is 0. The van der Waals surface area contributed by atoms with Crippen molar-refractivity contribution in [3.8, 4) is 0 Å². The highest BCUT2D eigenvalue weighted by molar-refractivity contribution is 5.92. The normalized spacial score (nSPS) is 22.7. The number of amides is 1. The van der Waals surface area contributed by atoms with Gasteiger partial charge in [0.05, 0.1) is 5.52 Å². The van der Waals surface area contributed by atoms with Gasteiger partial charge in [0.15, 0.2) is 6.61 Å². The van der Waals surface area contributed by atoms with E-state index >= 15 is 0 Å². The highest BCUT2D eigenvalue weighted by Crippen LogP contribution is 2.36. The van der Waals surface area contributed by atoms with Crippen molar-refractivity contribution in [3.63, 3.8) is 0 Å². The van der Waals surface area contributed by atoms with Gasteiger partial charge in [0, 0.05) is 18.5 Å². The molecule has 136 valence electrons. The summed E-state index contributed by atoms with van der Waals surface area (Å²) in [5.74, 6) is 0.760. The number of piperidine rings is 1. The lowest BCUT2D eigenvalue weighted by Crippen LogP contribution is -2.46. The zero-order valence-electron chi connectivity index (χ0n) is 14.9. The summed E-state index contributed by atoms with van der Waals surface area (Å²) in [4.78, 5) is 30.9. The Labute approximate surface area is 153 Å². The molecule has 1 aliphatic heterocycles. The van der Waals surface area contributed by atoms with Gasteiger partial charge >= 0.3 is 5.97 Å². The molecule has 0 spiro atoms. The molecule has 0 bridgehead atoms. The van der Waals surface area contributed by atoms with Gasteiger partial charge in [-0.2, -0.15) is 0 Å². The monoisotopic (exact) mass is 352 g/mol. The van der Waals surface area contributed by atoms with E-state index in [-0.39, 0.29) is 18.2 Å². The van der Waals surface area contributed by atoms with Crippen LogP contribution in [0.4, 0.5) is 0 Å². The van der Waals surface area contributed by atoms with Gasteiger partial charge in [-0.05, 0) is 36.8 Å². The fourth-order valence-electron chi connectivity index (χ4n) is 4.30. The summed E-state index contributed by atoms with van der Waals surface area (Å²) in [6.45, 7) is 1.39. The molecule has 2 aliphatic rings. The van der Waals surface area contributed by atoms with Crippen molar-refractivity contribution >= 4 is 22.8 Å². The van der Waals surface area contributed by atoms with Gasteiger partial charge in [-0.3, -0.25) is 4.79 Å². The summed E-state index contributed by atoms with van der Waals surface area (Å²) < 4.78 is 5.24. The first-order valence-electron chi connectivity index (χ1n) is 9.51. The van der Waals surface area contributed by atoms with Gasteiger partial charge in [0.25, 0.3) is 5.91 Å². The molecule has 5 nitrogen and oxygen atoms in total. The highest BCUT2D eigenvalue weighted by Gasteiger charge is 2.33. The summed E-state index contributed by atoms with van der Waals surface area (Å²) in [6, 6.07) is 11.1. The van der Waals surface area contributed by atoms with Crippen molar-refractivity contribution in [1.29, 1.82) is 0 Å². The molecule has 1 amide bonds. The van der Waals surface area contributed by atoms with Crippen LogP contribution in [0.25, 0.3) is 10.9 Å². The number of para-hydroxylation sites is 1. The number of benzene rings is 1. The third kappa shape index (κ3) is 3.57. The lowest BCUT2D eigenvalue weighted by Gasteiger charge is -2.41. The van der Waals surface area contributed by atoms with Crippen molar-refractivity contribution in [1.82, 2.24) is 9.88 Å². The molecule has 0 unspecified atom stereocenters. The predicted octanol–water partition coefficient (Wildman–Crippen LogP) is 3.43. The van der Waals surface area contributed by atoms with E-state index in [4.69, 9.17) is 4.74 Å². The molecule has 2 fully saturated rings. The quantitative estimate of drug-likeness (QED) is 0.794. The van der Waals surface area contributed by atoms with Crippen molar-refractivity contribution in [3.05, 3.63) is 42.1 Å². The van der Waals surface area contributed by atoms with Crippen molar-refractivity contribution in [2.75, 3.05) is 19.7 Å². The molecular weight excluding hydrogens is 328 g/mol. The first-order valence-corrected chi connectivity index (χ1v) is 9.51. The number of carbonyl (C=O) groups excluding carboxylic acids is 2. The smallest absolute Gasteiger partial charge is 0.357 e. The van der Waals surface area contributed by atoms with Gasteiger partial charge in [-0.15, -0.1) is 0 Å². The number of aromatic nitrogens is 1. The molecular formula is C21H24N2O3. The first kappa shape index (κ1) is 17.0. The van der Waals surface area contributed by atoms with Gasteiger partial charge in [-0.25, -0.2) is 9.78 Å². The summed E-state index contributed by atoms with van der Waals surface area (Å²) in [5.41, 5.74) is 0.982. The minimum atomic E-state index is -0.545. The number of nitrogens with zero attached hydrogens (tertiary/aromatic N) is 2. The Morgan fingerprint density at radius 2 is 1.85 bits per heavy atom. The summed E-state index contributed by atoms with van der Waals surface area (Å²) in [6.07, 6.45) is 6.19. The molecule has 1 aromatic carbocycles. The van der Waals surface area contributed by atoms with Crippen LogP contribution in [0.1, 0.15) is 42.6 Å². The molecule has 26 heavy (non-hydrogen) atoms. The number of likely N-dealkylation sites (tertiary alicyclic amines) is 1. The van der Waals surface area contributed by atoms with Crippen LogP contribution in [-0.4, -0.2) is 41.5 Å². The number of esters is 1. The van der Waals surface area contributed by atoms with E-state index in [1.54, 1.807) is 6.07 Å². The number of rotatable bonds is 3. The van der Waals surface area contributed by atoms with E-state index in [1.165, 1.54) is 25.7 Å². The lowest BCUT2D eigenvalue weighted by molar-refractivity contribution is -0.137. The van der Waals surface area contributed by atoms with Crippen LogP contribution in [0, 0.1) is 11.8 Å². The second kappa shape index (κ2) is 7.44. The maximum absolute atomic E-state index is 12.4. The van der Waals surface area contributed by atoms with Gasteiger partial charge < -0.3 is 9.64 Å². The van der Waals surface area contributed by atoms with Crippen LogP contribution < -0.4 is 0 Å². The third-order valence-electron chi connectivity index (χ3n) is 5.78. The minimum absolute atomic E-state index is 0.0943. The Balaban J connectivity index is 1.34. The van der Waals surface area contributed by atoms with Crippen LogP contribution in [0.2, 0.25) is 0 Å². The number of fused-ring (bicyclic) bond motifs is 2. The topological polar surface area (TPSA) is 59.5 Å². The first-order chi connectivity index (χ1) is 12.7. The number of ether oxygens (including phenoxy) is 1. The van der Waals surface area contributed by atoms with E-state index < -0.39 is 5.97 Å². The third-order valence-corrected chi connectivity index (χ3v) is 5.78. The van der Waals surface area contributed by atoms with Crippen LogP contribution in [0.3, 0.4) is 0 Å². The van der Waals surface area contributed by atoms with Crippen molar-refractivity contribution < 1.29 is 14.3 Å². The Morgan fingerprint density at radius 3 is 2.73 bits per heavy atom. The Kier molecular flexibility index (Phi) is 4.87. The van der Waals surface area contributed by atoms with E-state index in [9.17, 15) is 9.59 Å². The Bertz CT molecular complexity index is 820. The predicted molar refractivity (Wildman–Crippen MR) is 98.7 cm³/mol. The molecule has 4 rings (SSSR count). The second-order valence-corrected chi connectivity index (χ2v) is 7.40. The molecule has 1 aromatic heterocycles. The van der Waals surface area contributed by atoms with Gasteiger partial charge in [-0.1, -0.05) is 43.5 Å². The molecule has 1 saturated carbocycles. The molecule has 1 aliphatic carbocycles. The number of pyridine rings is 1. The van der Waals surface area contributed by atoms with Crippen LogP contribution in [-0.2, 0) is 9.53 Å². The summed E-state index contributed by atoms with van der Waals surface area (Å²) in [7, 11) is 0. The van der Waals surface area contributed by atoms with E-state index in [1.807, 2.05) is 35.2 Å². The fraction of sp³-hybridized carbons (Fsp3) is 0.476. The molecule has 2 heterocycles. The standard InChI is InChI=1S/C21H24N2O3/c24-20(23-12-11-15-5-1-2-7-17(15)13-23)14-26-21(25)19-10-9-16-6-3-4-8-18(16)22-19/h3-4,6,8-10,15,17H,1-2,5,7,11-14H2/t15-,17-/m1/s1. The molecule has 2 atom stereocenters.